The van der Waals surface area contributed by atoms with Crippen molar-refractivity contribution < 1.29 is 33.7 Å². The quantitative estimate of drug-likeness (QED) is 0.221. The zero-order valence-corrected chi connectivity index (χ0v) is 24.9. The summed E-state index contributed by atoms with van der Waals surface area (Å²) in [7, 11) is 0. The normalized spacial score (nSPS) is 20.6. The highest BCUT2D eigenvalue weighted by molar-refractivity contribution is 14.1. The van der Waals surface area contributed by atoms with Gasteiger partial charge in [-0.15, -0.1) is 0 Å². The Morgan fingerprint density at radius 3 is 2.14 bits per heavy atom. The molecule has 0 spiro atoms. The van der Waals surface area contributed by atoms with Crippen LogP contribution in [0.15, 0.2) is 96.6 Å². The van der Waals surface area contributed by atoms with E-state index < -0.39 is 30.1 Å². The molecule has 1 heterocycles. The number of benzene rings is 3. The molecule has 3 unspecified atom stereocenters. The summed E-state index contributed by atoms with van der Waals surface area (Å²) in [4.78, 5) is 38.4. The Morgan fingerprint density at radius 1 is 0.881 bits per heavy atom. The average Bonchev–Trinajstić information content (AvgIpc) is 3.42. The fraction of sp³-hybridized carbons (Fsp3) is 0.281. The number of aliphatic hydroxyl groups excluding tert-OH is 1. The van der Waals surface area contributed by atoms with Crippen LogP contribution >= 0.6 is 22.6 Å². The molecule has 3 aromatic rings. The van der Waals surface area contributed by atoms with Crippen molar-refractivity contribution in [1.29, 1.82) is 0 Å². The first-order valence-electron chi connectivity index (χ1n) is 13.7. The molecule has 3 aromatic carbocycles. The molecular weight excluding hydrogens is 651 g/mol. The fourth-order valence-electron chi connectivity index (χ4n) is 5.07. The monoisotopic (exact) mass is 682 g/mol. The number of fused-ring (bicyclic) bond motifs is 1. The first-order valence-corrected chi connectivity index (χ1v) is 14.8. The van der Waals surface area contributed by atoms with Crippen molar-refractivity contribution in [1.82, 2.24) is 10.6 Å². The van der Waals surface area contributed by atoms with Crippen molar-refractivity contribution in [2.24, 2.45) is 0 Å². The van der Waals surface area contributed by atoms with Gasteiger partial charge in [-0.25, -0.2) is 4.79 Å². The second-order valence-electron chi connectivity index (χ2n) is 9.94. The van der Waals surface area contributed by atoms with Crippen LogP contribution in [0.2, 0.25) is 0 Å². The minimum Gasteiger partial charge on any atom is -0.456 e. The molecule has 2 amide bonds. The molecule has 10 heteroatoms. The summed E-state index contributed by atoms with van der Waals surface area (Å²) in [5, 5.41) is 14.2. The van der Waals surface area contributed by atoms with Gasteiger partial charge in [0, 0.05) is 46.2 Å². The predicted octanol–water partition coefficient (Wildman–Crippen LogP) is 3.45. The van der Waals surface area contributed by atoms with Crippen LogP contribution in [-0.2, 0) is 29.6 Å². The van der Waals surface area contributed by atoms with E-state index in [1.807, 2.05) is 72.8 Å². The van der Waals surface area contributed by atoms with Gasteiger partial charge in [0.25, 0.3) is 0 Å². The van der Waals surface area contributed by atoms with Crippen LogP contribution < -0.4 is 10.6 Å². The summed E-state index contributed by atoms with van der Waals surface area (Å²) in [5.41, 5.74) is 2.29. The van der Waals surface area contributed by atoms with Gasteiger partial charge in [-0.1, -0.05) is 60.7 Å². The van der Waals surface area contributed by atoms with Crippen LogP contribution in [0.4, 0.5) is 0 Å². The molecule has 1 aliphatic carbocycles. The molecule has 2 aliphatic rings. The first kappa shape index (κ1) is 29.9. The Balaban J connectivity index is 1.43. The van der Waals surface area contributed by atoms with Gasteiger partial charge in [-0.2, -0.15) is 0 Å². The summed E-state index contributed by atoms with van der Waals surface area (Å²) in [6, 6.07) is 26.1. The lowest BCUT2D eigenvalue weighted by Crippen LogP contribution is -2.44. The highest BCUT2D eigenvalue weighted by atomic mass is 127. The van der Waals surface area contributed by atoms with Crippen LogP contribution in [-0.4, -0.2) is 60.9 Å². The van der Waals surface area contributed by atoms with E-state index in [1.54, 1.807) is 18.2 Å². The third kappa shape index (κ3) is 6.73. The highest BCUT2D eigenvalue weighted by Gasteiger charge is 2.54. The number of nitrogens with one attached hydrogen (secondary N) is 2. The van der Waals surface area contributed by atoms with Crippen LogP contribution in [0, 0.1) is 3.57 Å². The van der Waals surface area contributed by atoms with Gasteiger partial charge in [0.2, 0.25) is 17.6 Å². The van der Waals surface area contributed by atoms with E-state index in [2.05, 4.69) is 33.2 Å². The van der Waals surface area contributed by atoms with Gasteiger partial charge in [0.15, 0.2) is 0 Å². The summed E-state index contributed by atoms with van der Waals surface area (Å²) < 4.78 is 20.4. The molecule has 0 radical (unpaired) electrons. The van der Waals surface area contributed by atoms with Gasteiger partial charge in [0.1, 0.15) is 18.3 Å². The number of rotatable bonds is 10. The molecule has 9 nitrogen and oxygen atoms in total. The smallest absolute Gasteiger partial charge is 0.338 e. The van der Waals surface area contributed by atoms with Crippen LogP contribution in [0.1, 0.15) is 34.3 Å². The van der Waals surface area contributed by atoms with Crippen molar-refractivity contribution in [3.8, 4) is 0 Å². The summed E-state index contributed by atoms with van der Waals surface area (Å²) in [6.45, 7) is 0.0892. The maximum absolute atomic E-state index is 13.2. The van der Waals surface area contributed by atoms with Crippen molar-refractivity contribution in [2.45, 2.75) is 36.9 Å². The molecule has 0 bridgehead atoms. The van der Waals surface area contributed by atoms with E-state index in [9.17, 15) is 14.4 Å². The molecule has 1 fully saturated rings. The second kappa shape index (κ2) is 13.6. The van der Waals surface area contributed by atoms with Crippen LogP contribution in [0.3, 0.4) is 0 Å². The predicted molar refractivity (Wildman–Crippen MR) is 162 cm³/mol. The molecule has 1 aliphatic heterocycles. The third-order valence-electron chi connectivity index (χ3n) is 7.09. The molecule has 218 valence electrons. The summed E-state index contributed by atoms with van der Waals surface area (Å²) >= 11 is 2.16. The van der Waals surface area contributed by atoms with Gasteiger partial charge in [-0.05, 0) is 52.9 Å². The zero-order valence-electron chi connectivity index (χ0n) is 22.7. The Hall–Kier alpha value is -3.58. The van der Waals surface area contributed by atoms with E-state index >= 15 is 0 Å². The molecule has 5 rings (SSSR count). The number of ether oxygens (including phenoxy) is 3. The molecule has 3 atom stereocenters. The van der Waals surface area contributed by atoms with Crippen LogP contribution in [0.5, 0.6) is 0 Å². The topological polar surface area (TPSA) is 123 Å². The number of hydrogen-bond acceptors (Lipinski definition) is 7. The Morgan fingerprint density at radius 2 is 1.52 bits per heavy atom. The van der Waals surface area contributed by atoms with Gasteiger partial charge in [-0.3, -0.25) is 9.59 Å². The molecular formula is C32H31IN2O7. The third-order valence-corrected chi connectivity index (χ3v) is 7.81. The van der Waals surface area contributed by atoms with Crippen molar-refractivity contribution in [2.75, 3.05) is 19.7 Å². The van der Waals surface area contributed by atoms with Crippen molar-refractivity contribution in [3.05, 3.63) is 117 Å². The second-order valence-corrected chi connectivity index (χ2v) is 11.2. The largest absolute Gasteiger partial charge is 0.456 e. The van der Waals surface area contributed by atoms with E-state index in [0.29, 0.717) is 11.1 Å². The number of amides is 2. The SMILES string of the molecule is O=C(CCNC(=O)C1=CC2OC(c3ccccc3)(c3ccccc3)OC2C(OC(=O)c2ccc(I)cc2)C1)NCCO. The molecule has 3 N–H and O–H groups in total. The van der Waals surface area contributed by atoms with Crippen LogP contribution in [0.25, 0.3) is 0 Å². The van der Waals surface area contributed by atoms with Crippen molar-refractivity contribution in [3.63, 3.8) is 0 Å². The number of aliphatic hydroxyl groups is 1. The van der Waals surface area contributed by atoms with Crippen molar-refractivity contribution >= 4 is 40.4 Å². The van der Waals surface area contributed by atoms with E-state index in [4.69, 9.17) is 19.3 Å². The van der Waals surface area contributed by atoms with Gasteiger partial charge in [0.05, 0.1) is 12.2 Å². The average molecular weight is 683 g/mol. The van der Waals surface area contributed by atoms with Gasteiger partial charge >= 0.3 is 5.97 Å². The number of carbonyl (C=O) groups is 3. The lowest BCUT2D eigenvalue weighted by atomic mass is 9.91. The molecule has 42 heavy (non-hydrogen) atoms. The summed E-state index contributed by atoms with van der Waals surface area (Å²) in [5.74, 6) is -2.50. The maximum Gasteiger partial charge on any atom is 0.338 e. The van der Waals surface area contributed by atoms with Gasteiger partial charge < -0.3 is 30.0 Å². The minimum absolute atomic E-state index is 0.0566. The molecule has 0 saturated carbocycles. The number of halogens is 1. The highest BCUT2D eigenvalue weighted by Crippen LogP contribution is 2.47. The first-order chi connectivity index (χ1) is 20.4. The number of carbonyl (C=O) groups excluding carboxylic acids is 3. The molecule has 1 saturated heterocycles. The minimum atomic E-state index is -1.29. The van der Waals surface area contributed by atoms with E-state index in [-0.39, 0.29) is 44.4 Å². The Labute approximate surface area is 257 Å². The Bertz CT molecular complexity index is 1390. The maximum atomic E-state index is 13.2. The van der Waals surface area contributed by atoms with E-state index in [0.717, 1.165) is 14.7 Å². The fourth-order valence-corrected chi connectivity index (χ4v) is 5.43. The number of hydrogen-bond donors (Lipinski definition) is 3. The lowest BCUT2D eigenvalue weighted by molar-refractivity contribution is -0.157. The molecule has 0 aromatic heterocycles. The standard InChI is InChI=1S/C32H31IN2O7/c33-25-13-11-21(12-14-25)31(39)40-26-19-22(30(38)35-16-15-28(37)34-17-18-36)20-27-29(26)42-32(41-27,23-7-3-1-4-8-23)24-9-5-2-6-10-24/h1-14,20,26-27,29,36H,15-19H2,(H,34,37)(H,35,38). The van der Waals surface area contributed by atoms with E-state index in [1.165, 1.54) is 0 Å². The number of esters is 1. The zero-order chi connectivity index (χ0) is 29.5. The summed E-state index contributed by atoms with van der Waals surface area (Å²) in [6.07, 6.45) is -0.352. The lowest BCUT2D eigenvalue weighted by Gasteiger charge is -2.31. The Kier molecular flexibility index (Phi) is 9.68.